The monoisotopic (exact) mass is 549 g/mol. The third kappa shape index (κ3) is 5.08. The molecule has 0 radical (unpaired) electrons. The van der Waals surface area contributed by atoms with Gasteiger partial charge in [-0.2, -0.15) is 0 Å². The first kappa shape index (κ1) is 25.4. The summed E-state index contributed by atoms with van der Waals surface area (Å²) in [5.41, 5.74) is 4.74. The number of anilines is 3. The summed E-state index contributed by atoms with van der Waals surface area (Å²) in [5, 5.41) is 5.67. The summed E-state index contributed by atoms with van der Waals surface area (Å²) >= 11 is 13.3. The van der Waals surface area contributed by atoms with Gasteiger partial charge in [0.25, 0.3) is 0 Å². The third-order valence-corrected chi connectivity index (χ3v) is 8.54. The Morgan fingerprint density at radius 1 is 0.895 bits per heavy atom. The SMILES string of the molecule is CN1CCN(C2CCN(c3ccc(Nc4ncc(Cl)c(-c5cn(C)c6ccccc56)n4)cc3Cl)CC2)CC1. The van der Waals surface area contributed by atoms with E-state index in [-0.39, 0.29) is 0 Å². The number of piperazine rings is 1. The summed E-state index contributed by atoms with van der Waals surface area (Å²) in [4.78, 5) is 16.7. The maximum Gasteiger partial charge on any atom is 0.227 e. The molecule has 2 aromatic heterocycles. The van der Waals surface area contributed by atoms with Crippen molar-refractivity contribution in [2.24, 2.45) is 7.05 Å². The fourth-order valence-corrected chi connectivity index (χ4v) is 6.27. The molecule has 38 heavy (non-hydrogen) atoms. The highest BCUT2D eigenvalue weighted by Crippen LogP contribution is 2.35. The van der Waals surface area contributed by atoms with E-state index in [0.717, 1.165) is 46.0 Å². The van der Waals surface area contributed by atoms with E-state index in [4.69, 9.17) is 28.2 Å². The van der Waals surface area contributed by atoms with E-state index in [1.807, 2.05) is 31.3 Å². The largest absolute Gasteiger partial charge is 0.370 e. The number of para-hydroxylation sites is 1. The molecular weight excluding hydrogens is 517 g/mol. The maximum absolute atomic E-state index is 6.79. The van der Waals surface area contributed by atoms with Crippen LogP contribution >= 0.6 is 23.2 Å². The Balaban J connectivity index is 1.15. The molecule has 7 nitrogen and oxygen atoms in total. The first-order valence-electron chi connectivity index (χ1n) is 13.3. The molecule has 1 N–H and O–H groups in total. The molecule has 0 bridgehead atoms. The highest BCUT2D eigenvalue weighted by atomic mass is 35.5. The van der Waals surface area contributed by atoms with Crippen LogP contribution in [0.5, 0.6) is 0 Å². The van der Waals surface area contributed by atoms with Gasteiger partial charge in [0, 0.05) is 80.7 Å². The topological polar surface area (TPSA) is 52.5 Å². The van der Waals surface area contributed by atoms with Crippen molar-refractivity contribution in [3.8, 4) is 11.3 Å². The fraction of sp³-hybridized carbons (Fsp3) is 0.379. The number of fused-ring (bicyclic) bond motifs is 1. The first-order valence-corrected chi connectivity index (χ1v) is 14.0. The van der Waals surface area contributed by atoms with Gasteiger partial charge in [-0.05, 0) is 44.2 Å². The number of nitrogens with zero attached hydrogens (tertiary/aromatic N) is 6. The van der Waals surface area contributed by atoms with Crippen molar-refractivity contribution < 1.29 is 0 Å². The minimum atomic E-state index is 0.481. The number of likely N-dealkylation sites (N-methyl/N-ethyl adjacent to an activating group) is 1. The lowest BCUT2D eigenvalue weighted by Crippen LogP contribution is -2.52. The van der Waals surface area contributed by atoms with Crippen molar-refractivity contribution in [2.75, 3.05) is 56.5 Å². The van der Waals surface area contributed by atoms with Gasteiger partial charge in [-0.15, -0.1) is 0 Å². The summed E-state index contributed by atoms with van der Waals surface area (Å²) in [6.45, 7) is 6.74. The standard InChI is InChI=1S/C29H33Cl2N7/c1-35-13-15-37(16-14-35)21-9-11-38(12-10-21)27-8-7-20(17-24(27)30)33-29-32-18-25(31)28(34-29)23-19-36(2)26-6-4-3-5-22(23)26/h3-8,17-19,21H,9-16H2,1-2H3,(H,32,33,34). The van der Waals surface area contributed by atoms with Gasteiger partial charge >= 0.3 is 0 Å². The Morgan fingerprint density at radius 2 is 1.66 bits per heavy atom. The molecule has 0 saturated carbocycles. The van der Waals surface area contributed by atoms with Crippen LogP contribution in [0.2, 0.25) is 10.0 Å². The fourth-order valence-electron chi connectivity index (χ4n) is 5.78. The minimum absolute atomic E-state index is 0.481. The van der Waals surface area contributed by atoms with Gasteiger partial charge < -0.3 is 19.7 Å². The lowest BCUT2D eigenvalue weighted by atomic mass is 10.0. The van der Waals surface area contributed by atoms with Crippen LogP contribution in [0.3, 0.4) is 0 Å². The van der Waals surface area contributed by atoms with Crippen LogP contribution in [0, 0.1) is 0 Å². The van der Waals surface area contributed by atoms with E-state index in [1.54, 1.807) is 6.20 Å². The number of halogens is 2. The molecule has 4 aromatic rings. The predicted octanol–water partition coefficient (Wildman–Crippen LogP) is 5.90. The van der Waals surface area contributed by atoms with Crippen LogP contribution in [0.4, 0.5) is 17.3 Å². The Morgan fingerprint density at radius 3 is 2.42 bits per heavy atom. The van der Waals surface area contributed by atoms with Crippen LogP contribution in [0.15, 0.2) is 54.9 Å². The van der Waals surface area contributed by atoms with E-state index in [0.29, 0.717) is 22.7 Å². The molecule has 2 aromatic carbocycles. The second-order valence-corrected chi connectivity index (χ2v) is 11.2. The van der Waals surface area contributed by atoms with E-state index >= 15 is 0 Å². The zero-order valence-electron chi connectivity index (χ0n) is 21.9. The molecule has 6 rings (SSSR count). The normalized spacial score (nSPS) is 17.8. The highest BCUT2D eigenvalue weighted by Gasteiger charge is 2.27. The zero-order chi connectivity index (χ0) is 26.2. The summed E-state index contributed by atoms with van der Waals surface area (Å²) in [5.74, 6) is 0.481. The Bertz CT molecular complexity index is 1440. The number of piperidine rings is 1. The van der Waals surface area contributed by atoms with Gasteiger partial charge in [0.1, 0.15) is 0 Å². The lowest BCUT2D eigenvalue weighted by molar-refractivity contribution is 0.0982. The molecule has 0 spiro atoms. The quantitative estimate of drug-likeness (QED) is 0.334. The molecule has 2 aliphatic rings. The van der Waals surface area contributed by atoms with E-state index in [2.05, 4.69) is 61.0 Å². The Hall–Kier alpha value is -2.84. The van der Waals surface area contributed by atoms with Crippen LogP contribution in [0.1, 0.15) is 12.8 Å². The predicted molar refractivity (Wildman–Crippen MR) is 158 cm³/mol. The molecule has 0 unspecified atom stereocenters. The number of nitrogens with one attached hydrogen (secondary N) is 1. The van der Waals surface area contributed by atoms with Crippen LogP contribution in [0.25, 0.3) is 22.2 Å². The van der Waals surface area contributed by atoms with Crippen LogP contribution < -0.4 is 10.2 Å². The average molecular weight is 551 g/mol. The van der Waals surface area contributed by atoms with Crippen molar-refractivity contribution in [3.05, 3.63) is 64.9 Å². The van der Waals surface area contributed by atoms with Gasteiger partial charge in [0.15, 0.2) is 0 Å². The summed E-state index contributed by atoms with van der Waals surface area (Å²) in [7, 11) is 4.24. The van der Waals surface area contributed by atoms with Gasteiger partial charge in [-0.25, -0.2) is 9.97 Å². The highest BCUT2D eigenvalue weighted by molar-refractivity contribution is 6.34. The lowest BCUT2D eigenvalue weighted by Gasteiger charge is -2.42. The molecule has 2 aliphatic heterocycles. The molecule has 0 atom stereocenters. The molecule has 2 fully saturated rings. The molecule has 0 aliphatic carbocycles. The van der Waals surface area contributed by atoms with Crippen LogP contribution in [-0.4, -0.2) is 76.7 Å². The molecule has 9 heteroatoms. The Kier molecular flexibility index (Phi) is 7.18. The van der Waals surface area contributed by atoms with Crippen molar-refractivity contribution in [3.63, 3.8) is 0 Å². The molecule has 198 valence electrons. The maximum atomic E-state index is 6.79. The molecular formula is C29H33Cl2N7. The van der Waals surface area contributed by atoms with Crippen LogP contribution in [-0.2, 0) is 7.05 Å². The Labute approximate surface area is 234 Å². The number of aromatic nitrogens is 3. The van der Waals surface area contributed by atoms with E-state index < -0.39 is 0 Å². The molecule has 4 heterocycles. The second-order valence-electron chi connectivity index (χ2n) is 10.4. The number of hydrogen-bond acceptors (Lipinski definition) is 6. The summed E-state index contributed by atoms with van der Waals surface area (Å²) < 4.78 is 2.09. The van der Waals surface area contributed by atoms with Crippen molar-refractivity contribution >= 4 is 51.4 Å². The molecule has 0 amide bonds. The summed E-state index contributed by atoms with van der Waals surface area (Å²) in [6, 6.07) is 15.0. The van der Waals surface area contributed by atoms with Gasteiger partial charge in [-0.3, -0.25) is 4.90 Å². The number of rotatable bonds is 5. The molecule has 2 saturated heterocycles. The third-order valence-electron chi connectivity index (χ3n) is 7.96. The zero-order valence-corrected chi connectivity index (χ0v) is 23.4. The number of benzene rings is 2. The summed E-state index contributed by atoms with van der Waals surface area (Å²) in [6.07, 6.45) is 6.06. The van der Waals surface area contributed by atoms with Crippen molar-refractivity contribution in [2.45, 2.75) is 18.9 Å². The minimum Gasteiger partial charge on any atom is -0.370 e. The van der Waals surface area contributed by atoms with Crippen molar-refractivity contribution in [1.29, 1.82) is 0 Å². The van der Waals surface area contributed by atoms with E-state index in [9.17, 15) is 0 Å². The number of hydrogen-bond donors (Lipinski definition) is 1. The van der Waals surface area contributed by atoms with Gasteiger partial charge in [0.2, 0.25) is 5.95 Å². The average Bonchev–Trinajstić information content (AvgIpc) is 3.27. The first-order chi connectivity index (χ1) is 18.5. The van der Waals surface area contributed by atoms with Crippen molar-refractivity contribution in [1.82, 2.24) is 24.3 Å². The van der Waals surface area contributed by atoms with Gasteiger partial charge in [-0.1, -0.05) is 41.4 Å². The second kappa shape index (κ2) is 10.7. The van der Waals surface area contributed by atoms with Gasteiger partial charge in [0.05, 0.1) is 27.6 Å². The smallest absolute Gasteiger partial charge is 0.227 e. The van der Waals surface area contributed by atoms with E-state index in [1.165, 1.54) is 39.0 Å². The number of aryl methyl sites for hydroxylation is 1.